The van der Waals surface area contributed by atoms with E-state index in [9.17, 15) is 4.79 Å². The molecule has 2 fully saturated rings. The number of ether oxygens (including phenoxy) is 1. The van der Waals surface area contributed by atoms with Gasteiger partial charge in [0.2, 0.25) is 0 Å². The van der Waals surface area contributed by atoms with Crippen molar-refractivity contribution >= 4 is 11.7 Å². The summed E-state index contributed by atoms with van der Waals surface area (Å²) in [7, 11) is 0. The zero-order valence-electron chi connectivity index (χ0n) is 17.9. The van der Waals surface area contributed by atoms with E-state index in [0.29, 0.717) is 24.7 Å². The Labute approximate surface area is 182 Å². The molecule has 2 amide bonds. The molecule has 3 aliphatic heterocycles. The molecular formula is C22H29N7O2. The van der Waals surface area contributed by atoms with Gasteiger partial charge in [-0.05, 0) is 44.4 Å². The third kappa shape index (κ3) is 4.71. The number of hydrazine groups is 1. The lowest BCUT2D eigenvalue weighted by Gasteiger charge is -2.33. The minimum atomic E-state index is -0.476. The number of nitrogens with zero attached hydrogens (tertiary/aromatic N) is 3. The highest BCUT2D eigenvalue weighted by Crippen LogP contribution is 2.33. The number of carbonyl (C=O) groups excluding carboxylic acids is 1. The van der Waals surface area contributed by atoms with Crippen LogP contribution in [0.1, 0.15) is 37.8 Å². The van der Waals surface area contributed by atoms with Crippen molar-refractivity contribution < 1.29 is 9.53 Å². The molecule has 0 bridgehead atoms. The van der Waals surface area contributed by atoms with Crippen LogP contribution in [-0.2, 0) is 11.3 Å². The lowest BCUT2D eigenvalue weighted by molar-refractivity contribution is 0.0743. The van der Waals surface area contributed by atoms with Gasteiger partial charge < -0.3 is 15.0 Å². The Hall–Kier alpha value is -2.93. The number of urea groups is 1. The van der Waals surface area contributed by atoms with Crippen molar-refractivity contribution in [1.82, 2.24) is 26.4 Å². The van der Waals surface area contributed by atoms with Gasteiger partial charge in [-0.15, -0.1) is 0 Å². The third-order valence-corrected chi connectivity index (χ3v) is 6.05. The van der Waals surface area contributed by atoms with Crippen molar-refractivity contribution in [1.29, 1.82) is 5.26 Å². The molecule has 4 N–H and O–H groups in total. The van der Waals surface area contributed by atoms with Gasteiger partial charge in [0.25, 0.3) is 0 Å². The smallest absolute Gasteiger partial charge is 0.332 e. The maximum absolute atomic E-state index is 12.9. The molecule has 2 saturated heterocycles. The number of carbonyl (C=O) groups is 1. The van der Waals surface area contributed by atoms with Crippen molar-refractivity contribution in [2.75, 3.05) is 19.8 Å². The van der Waals surface area contributed by atoms with Gasteiger partial charge in [0.1, 0.15) is 0 Å². The van der Waals surface area contributed by atoms with Crippen LogP contribution in [-0.4, -0.2) is 54.3 Å². The Bertz CT molecular complexity index is 911. The van der Waals surface area contributed by atoms with Gasteiger partial charge in [-0.25, -0.2) is 15.2 Å². The van der Waals surface area contributed by atoms with E-state index in [1.54, 1.807) is 17.0 Å². The molecule has 1 atom stereocenters. The second-order valence-corrected chi connectivity index (χ2v) is 8.49. The van der Waals surface area contributed by atoms with Crippen LogP contribution in [0, 0.1) is 11.3 Å². The highest BCUT2D eigenvalue weighted by Gasteiger charge is 2.45. The number of amides is 2. The quantitative estimate of drug-likeness (QED) is 0.532. The zero-order chi connectivity index (χ0) is 21.8. The molecule has 31 heavy (non-hydrogen) atoms. The average molecular weight is 424 g/mol. The molecule has 1 unspecified atom stereocenters. The summed E-state index contributed by atoms with van der Waals surface area (Å²) in [5.41, 5.74) is 8.83. The SMILES string of the molecule is CC1(C)C2=CNC(NC3CCOCC3)N=C2CN1C(=O)NNCc1ccc(C#N)cc1. The number of fused-ring (bicyclic) bond motifs is 1. The molecule has 4 rings (SSSR count). The van der Waals surface area contributed by atoms with E-state index < -0.39 is 5.54 Å². The molecule has 164 valence electrons. The highest BCUT2D eigenvalue weighted by atomic mass is 16.5. The van der Waals surface area contributed by atoms with Crippen molar-refractivity contribution in [3.63, 3.8) is 0 Å². The highest BCUT2D eigenvalue weighted by molar-refractivity contribution is 6.08. The summed E-state index contributed by atoms with van der Waals surface area (Å²) in [5, 5.41) is 15.7. The lowest BCUT2D eigenvalue weighted by Crippen LogP contribution is -2.52. The number of nitrogens with one attached hydrogen (secondary N) is 4. The Balaban J connectivity index is 1.33. The molecule has 9 heteroatoms. The van der Waals surface area contributed by atoms with Gasteiger partial charge in [0, 0.05) is 37.6 Å². The predicted molar refractivity (Wildman–Crippen MR) is 117 cm³/mol. The zero-order valence-corrected chi connectivity index (χ0v) is 17.9. The van der Waals surface area contributed by atoms with Gasteiger partial charge in [-0.1, -0.05) is 12.1 Å². The maximum atomic E-state index is 12.9. The molecule has 0 aromatic heterocycles. The summed E-state index contributed by atoms with van der Waals surface area (Å²) in [5.74, 6) is 0. The normalized spacial score (nSPS) is 22.6. The monoisotopic (exact) mass is 423 g/mol. The Morgan fingerprint density at radius 1 is 1.32 bits per heavy atom. The van der Waals surface area contributed by atoms with Crippen LogP contribution >= 0.6 is 0 Å². The Morgan fingerprint density at radius 3 is 2.77 bits per heavy atom. The Kier molecular flexibility index (Phi) is 6.23. The van der Waals surface area contributed by atoms with E-state index in [-0.39, 0.29) is 12.3 Å². The summed E-state index contributed by atoms with van der Waals surface area (Å²) < 4.78 is 5.42. The number of nitriles is 1. The molecular weight excluding hydrogens is 394 g/mol. The van der Waals surface area contributed by atoms with Gasteiger partial charge in [-0.3, -0.25) is 10.7 Å². The molecule has 0 spiro atoms. The molecule has 0 radical (unpaired) electrons. The largest absolute Gasteiger partial charge is 0.381 e. The van der Waals surface area contributed by atoms with Crippen LogP contribution < -0.4 is 21.5 Å². The first-order valence-electron chi connectivity index (χ1n) is 10.6. The van der Waals surface area contributed by atoms with E-state index in [2.05, 4.69) is 27.6 Å². The molecule has 9 nitrogen and oxygen atoms in total. The van der Waals surface area contributed by atoms with Crippen LogP contribution in [0.4, 0.5) is 4.79 Å². The molecule has 1 aromatic carbocycles. The lowest BCUT2D eigenvalue weighted by atomic mass is 9.94. The van der Waals surface area contributed by atoms with Gasteiger partial charge in [0.05, 0.1) is 29.4 Å². The fourth-order valence-electron chi connectivity index (χ4n) is 4.14. The van der Waals surface area contributed by atoms with E-state index in [0.717, 1.165) is 42.9 Å². The van der Waals surface area contributed by atoms with Crippen molar-refractivity contribution in [2.24, 2.45) is 4.99 Å². The fraction of sp³-hybridized carbons (Fsp3) is 0.500. The first-order chi connectivity index (χ1) is 15.0. The second kappa shape index (κ2) is 9.06. The molecule has 1 aromatic rings. The summed E-state index contributed by atoms with van der Waals surface area (Å²) in [6, 6.07) is 9.52. The standard InChI is InChI=1S/C22H29N7O2/c1-22(2)18-13-24-20(26-17-7-9-31-10-8-17)27-19(18)14-29(22)21(30)28-25-12-16-5-3-15(11-23)4-6-16/h3-6,13,17,20,24-26H,7-10,12,14H2,1-2H3,(H,28,30). The summed E-state index contributed by atoms with van der Waals surface area (Å²) >= 11 is 0. The predicted octanol–water partition coefficient (Wildman–Crippen LogP) is 1.35. The van der Waals surface area contributed by atoms with Crippen LogP contribution in [0.3, 0.4) is 0 Å². The van der Waals surface area contributed by atoms with Crippen LogP contribution in [0.25, 0.3) is 0 Å². The van der Waals surface area contributed by atoms with E-state index in [4.69, 9.17) is 15.0 Å². The summed E-state index contributed by atoms with van der Waals surface area (Å²) in [6.45, 7) is 6.52. The minimum absolute atomic E-state index is 0.185. The molecule has 0 aliphatic carbocycles. The fourth-order valence-corrected chi connectivity index (χ4v) is 4.14. The summed E-state index contributed by atoms with van der Waals surface area (Å²) in [4.78, 5) is 19.5. The first-order valence-corrected chi connectivity index (χ1v) is 10.6. The first kappa shape index (κ1) is 21.3. The number of hydrogen-bond donors (Lipinski definition) is 4. The minimum Gasteiger partial charge on any atom is -0.381 e. The van der Waals surface area contributed by atoms with Crippen molar-refractivity contribution in [2.45, 2.75) is 51.1 Å². The van der Waals surface area contributed by atoms with E-state index in [1.165, 1.54) is 0 Å². The van der Waals surface area contributed by atoms with Crippen molar-refractivity contribution in [3.05, 3.63) is 47.2 Å². The number of hydrogen-bond acceptors (Lipinski definition) is 7. The number of benzene rings is 1. The number of likely N-dealkylation sites (tertiary alicyclic amines) is 1. The van der Waals surface area contributed by atoms with Crippen LogP contribution in [0.2, 0.25) is 0 Å². The van der Waals surface area contributed by atoms with E-state index in [1.807, 2.05) is 32.2 Å². The second-order valence-electron chi connectivity index (χ2n) is 8.49. The topological polar surface area (TPSA) is 114 Å². The Morgan fingerprint density at radius 2 is 2.06 bits per heavy atom. The van der Waals surface area contributed by atoms with E-state index >= 15 is 0 Å². The maximum Gasteiger partial charge on any atom is 0.332 e. The van der Waals surface area contributed by atoms with Gasteiger partial charge >= 0.3 is 6.03 Å². The van der Waals surface area contributed by atoms with Crippen LogP contribution in [0.15, 0.2) is 41.0 Å². The average Bonchev–Trinajstić information content (AvgIpc) is 3.05. The number of rotatable bonds is 5. The molecule has 3 heterocycles. The van der Waals surface area contributed by atoms with Crippen LogP contribution in [0.5, 0.6) is 0 Å². The van der Waals surface area contributed by atoms with Gasteiger partial charge in [0.15, 0.2) is 6.29 Å². The number of aliphatic imine (C=N–C) groups is 1. The molecule has 3 aliphatic rings. The summed E-state index contributed by atoms with van der Waals surface area (Å²) in [6.07, 6.45) is 3.75. The van der Waals surface area contributed by atoms with Gasteiger partial charge in [-0.2, -0.15) is 5.26 Å². The third-order valence-electron chi connectivity index (χ3n) is 6.05. The molecule has 0 saturated carbocycles. The van der Waals surface area contributed by atoms with Crippen molar-refractivity contribution in [3.8, 4) is 6.07 Å².